The summed E-state index contributed by atoms with van der Waals surface area (Å²) in [6.07, 6.45) is 7.00. The van der Waals surface area contributed by atoms with Crippen molar-refractivity contribution in [1.29, 1.82) is 0 Å². The van der Waals surface area contributed by atoms with E-state index in [9.17, 15) is 0 Å². The van der Waals surface area contributed by atoms with Crippen LogP contribution >= 0.6 is 0 Å². The standard InChI is InChI=1S/C13H27N/c1-5-13(3,4)14-10-12-9-7-6-8-11(12)2/h11-12,14H,5-10H2,1-4H3. The molecule has 1 aliphatic rings. The summed E-state index contributed by atoms with van der Waals surface area (Å²) in [5.41, 5.74) is 0.331. The Labute approximate surface area is 89.7 Å². The molecule has 0 aliphatic heterocycles. The topological polar surface area (TPSA) is 12.0 Å². The van der Waals surface area contributed by atoms with Gasteiger partial charge in [0.05, 0.1) is 0 Å². The third-order valence-corrected chi connectivity index (χ3v) is 4.02. The first-order chi connectivity index (χ1) is 6.55. The van der Waals surface area contributed by atoms with Gasteiger partial charge in [0.1, 0.15) is 0 Å². The molecular weight excluding hydrogens is 170 g/mol. The molecule has 1 aliphatic carbocycles. The summed E-state index contributed by atoms with van der Waals surface area (Å²) in [4.78, 5) is 0. The summed E-state index contributed by atoms with van der Waals surface area (Å²) in [7, 11) is 0. The lowest BCUT2D eigenvalue weighted by Gasteiger charge is -2.33. The molecule has 0 spiro atoms. The van der Waals surface area contributed by atoms with Gasteiger partial charge in [-0.25, -0.2) is 0 Å². The van der Waals surface area contributed by atoms with Gasteiger partial charge in [0.2, 0.25) is 0 Å². The first-order valence-electron chi connectivity index (χ1n) is 6.30. The van der Waals surface area contributed by atoms with Crippen LogP contribution in [0.3, 0.4) is 0 Å². The van der Waals surface area contributed by atoms with Crippen LogP contribution in [0.5, 0.6) is 0 Å². The summed E-state index contributed by atoms with van der Waals surface area (Å²) in [6.45, 7) is 10.5. The Hall–Kier alpha value is -0.0400. The van der Waals surface area contributed by atoms with Gasteiger partial charge in [-0.1, -0.05) is 33.1 Å². The van der Waals surface area contributed by atoms with Gasteiger partial charge in [-0.15, -0.1) is 0 Å². The normalized spacial score (nSPS) is 29.1. The molecule has 0 heterocycles. The Morgan fingerprint density at radius 3 is 2.43 bits per heavy atom. The van der Waals surface area contributed by atoms with E-state index in [0.717, 1.165) is 11.8 Å². The van der Waals surface area contributed by atoms with E-state index in [1.807, 2.05) is 0 Å². The molecule has 0 aromatic carbocycles. The van der Waals surface area contributed by atoms with Crippen LogP contribution in [0.1, 0.15) is 59.8 Å². The van der Waals surface area contributed by atoms with Crippen molar-refractivity contribution >= 4 is 0 Å². The Bertz CT molecular complexity index is 163. The van der Waals surface area contributed by atoms with Crippen molar-refractivity contribution < 1.29 is 0 Å². The highest BCUT2D eigenvalue weighted by Crippen LogP contribution is 2.29. The van der Waals surface area contributed by atoms with Crippen LogP contribution in [-0.4, -0.2) is 12.1 Å². The fourth-order valence-corrected chi connectivity index (χ4v) is 2.23. The molecule has 0 saturated heterocycles. The average Bonchev–Trinajstić information content (AvgIpc) is 2.17. The van der Waals surface area contributed by atoms with Crippen molar-refractivity contribution in [3.63, 3.8) is 0 Å². The molecule has 1 rings (SSSR count). The average molecular weight is 197 g/mol. The third-order valence-electron chi connectivity index (χ3n) is 4.02. The minimum atomic E-state index is 0.331. The molecule has 1 nitrogen and oxygen atoms in total. The van der Waals surface area contributed by atoms with Crippen LogP contribution in [0.25, 0.3) is 0 Å². The van der Waals surface area contributed by atoms with Gasteiger partial charge in [0, 0.05) is 5.54 Å². The highest BCUT2D eigenvalue weighted by Gasteiger charge is 2.23. The molecule has 1 fully saturated rings. The lowest BCUT2D eigenvalue weighted by Crippen LogP contribution is -2.42. The summed E-state index contributed by atoms with van der Waals surface area (Å²) in [5, 5.41) is 3.71. The fourth-order valence-electron chi connectivity index (χ4n) is 2.23. The quantitative estimate of drug-likeness (QED) is 0.726. The zero-order valence-electron chi connectivity index (χ0n) is 10.4. The van der Waals surface area contributed by atoms with Crippen LogP contribution in [0.15, 0.2) is 0 Å². The van der Waals surface area contributed by atoms with E-state index in [-0.39, 0.29) is 0 Å². The van der Waals surface area contributed by atoms with Crippen LogP contribution in [0, 0.1) is 11.8 Å². The van der Waals surface area contributed by atoms with E-state index in [4.69, 9.17) is 0 Å². The van der Waals surface area contributed by atoms with Crippen molar-refractivity contribution in [1.82, 2.24) is 5.32 Å². The lowest BCUT2D eigenvalue weighted by atomic mass is 9.80. The van der Waals surface area contributed by atoms with Gasteiger partial charge < -0.3 is 5.32 Å². The van der Waals surface area contributed by atoms with Crippen LogP contribution in [0.2, 0.25) is 0 Å². The lowest BCUT2D eigenvalue weighted by molar-refractivity contribution is 0.224. The molecule has 0 amide bonds. The van der Waals surface area contributed by atoms with E-state index in [2.05, 4.69) is 33.0 Å². The van der Waals surface area contributed by atoms with Crippen LogP contribution in [0.4, 0.5) is 0 Å². The number of hydrogen-bond acceptors (Lipinski definition) is 1. The molecule has 1 N–H and O–H groups in total. The second-order valence-corrected chi connectivity index (χ2v) is 5.64. The highest BCUT2D eigenvalue weighted by atomic mass is 15.0. The molecule has 84 valence electrons. The first kappa shape index (κ1) is 12.0. The summed E-state index contributed by atoms with van der Waals surface area (Å²) >= 11 is 0. The van der Waals surface area contributed by atoms with E-state index in [1.165, 1.54) is 38.6 Å². The van der Waals surface area contributed by atoms with Crippen molar-refractivity contribution in [2.75, 3.05) is 6.54 Å². The Morgan fingerprint density at radius 1 is 1.21 bits per heavy atom. The minimum absolute atomic E-state index is 0.331. The molecule has 0 aromatic heterocycles. The predicted molar refractivity (Wildman–Crippen MR) is 63.5 cm³/mol. The molecule has 14 heavy (non-hydrogen) atoms. The highest BCUT2D eigenvalue weighted by molar-refractivity contribution is 4.80. The Morgan fingerprint density at radius 2 is 1.86 bits per heavy atom. The Kier molecular flexibility index (Phi) is 4.43. The van der Waals surface area contributed by atoms with Gasteiger partial charge in [0.25, 0.3) is 0 Å². The molecule has 2 atom stereocenters. The molecule has 0 aromatic rings. The smallest absolute Gasteiger partial charge is 0.0122 e. The van der Waals surface area contributed by atoms with Gasteiger partial charge in [-0.2, -0.15) is 0 Å². The van der Waals surface area contributed by atoms with Crippen LogP contribution in [-0.2, 0) is 0 Å². The SMILES string of the molecule is CCC(C)(C)NCC1CCCCC1C. The molecule has 1 saturated carbocycles. The van der Waals surface area contributed by atoms with E-state index < -0.39 is 0 Å². The number of hydrogen-bond donors (Lipinski definition) is 1. The van der Waals surface area contributed by atoms with Crippen molar-refractivity contribution in [3.8, 4) is 0 Å². The van der Waals surface area contributed by atoms with Crippen molar-refractivity contribution in [3.05, 3.63) is 0 Å². The van der Waals surface area contributed by atoms with Gasteiger partial charge >= 0.3 is 0 Å². The van der Waals surface area contributed by atoms with E-state index in [0.29, 0.717) is 5.54 Å². The fraction of sp³-hybridized carbons (Fsp3) is 1.00. The largest absolute Gasteiger partial charge is 0.312 e. The zero-order valence-corrected chi connectivity index (χ0v) is 10.4. The van der Waals surface area contributed by atoms with E-state index in [1.54, 1.807) is 0 Å². The predicted octanol–water partition coefficient (Wildman–Crippen LogP) is 3.59. The summed E-state index contributed by atoms with van der Waals surface area (Å²) < 4.78 is 0. The first-order valence-corrected chi connectivity index (χ1v) is 6.30. The monoisotopic (exact) mass is 197 g/mol. The Balaban J connectivity index is 2.29. The van der Waals surface area contributed by atoms with Gasteiger partial charge in [-0.05, 0) is 45.1 Å². The molecule has 0 radical (unpaired) electrons. The van der Waals surface area contributed by atoms with E-state index >= 15 is 0 Å². The number of rotatable bonds is 4. The van der Waals surface area contributed by atoms with Crippen molar-refractivity contribution in [2.45, 2.75) is 65.3 Å². The molecular formula is C13H27N. The van der Waals surface area contributed by atoms with Crippen molar-refractivity contribution in [2.24, 2.45) is 11.8 Å². The molecule has 2 unspecified atom stereocenters. The maximum atomic E-state index is 3.71. The second-order valence-electron chi connectivity index (χ2n) is 5.64. The van der Waals surface area contributed by atoms with Gasteiger partial charge in [0.15, 0.2) is 0 Å². The number of nitrogens with one attached hydrogen (secondary N) is 1. The zero-order chi connectivity index (χ0) is 10.6. The maximum absolute atomic E-state index is 3.71. The maximum Gasteiger partial charge on any atom is 0.0122 e. The second kappa shape index (κ2) is 5.16. The summed E-state index contributed by atoms with van der Waals surface area (Å²) in [5.74, 6) is 1.86. The molecule has 0 bridgehead atoms. The minimum Gasteiger partial charge on any atom is -0.312 e. The summed E-state index contributed by atoms with van der Waals surface area (Å²) in [6, 6.07) is 0. The van der Waals surface area contributed by atoms with Crippen LogP contribution < -0.4 is 5.32 Å². The third kappa shape index (κ3) is 3.61. The van der Waals surface area contributed by atoms with Gasteiger partial charge in [-0.3, -0.25) is 0 Å². The molecule has 1 heteroatoms.